The minimum Gasteiger partial charge on any atom is -0.463 e. The maximum absolute atomic E-state index is 11.9. The van der Waals surface area contributed by atoms with Crippen LogP contribution in [0.15, 0.2) is 23.2 Å². The van der Waals surface area contributed by atoms with Crippen molar-refractivity contribution in [2.24, 2.45) is 10.7 Å². The third-order valence-electron chi connectivity index (χ3n) is 4.49. The lowest BCUT2D eigenvalue weighted by atomic mass is 9.79. The van der Waals surface area contributed by atoms with Crippen molar-refractivity contribution in [3.8, 4) is 0 Å². The highest BCUT2D eigenvalue weighted by Crippen LogP contribution is 2.36. The van der Waals surface area contributed by atoms with E-state index >= 15 is 0 Å². The maximum atomic E-state index is 11.9. The van der Waals surface area contributed by atoms with Crippen LogP contribution < -0.4 is 16.0 Å². The number of rotatable bonds is 2. The maximum Gasteiger partial charge on any atom is 0.321 e. The van der Waals surface area contributed by atoms with E-state index in [2.05, 4.69) is 22.4 Å². The second-order valence-corrected chi connectivity index (χ2v) is 5.89. The monoisotopic (exact) mass is 302 g/mol. The van der Waals surface area contributed by atoms with Gasteiger partial charge in [-0.2, -0.15) is 0 Å². The minimum atomic E-state index is -0.191. The number of urea groups is 1. The lowest BCUT2D eigenvalue weighted by molar-refractivity contribution is 0.235. The quantitative estimate of drug-likeness (QED) is 0.867. The number of anilines is 1. The van der Waals surface area contributed by atoms with Gasteiger partial charge in [-0.25, -0.2) is 9.79 Å². The van der Waals surface area contributed by atoms with E-state index < -0.39 is 0 Å². The standard InChI is InChI=1S/C16H22N4O2/c1-3-20(15(21)18-2)13-5-4-12-9-16(7-6-11(12)8-13)10-22-14(17)19-16/h4-5,8H,3,6-7,9-10H2,1-2H3,(H2,17,19)(H,18,21). The fourth-order valence-corrected chi connectivity index (χ4v) is 3.30. The second-order valence-electron chi connectivity index (χ2n) is 5.89. The third-order valence-corrected chi connectivity index (χ3v) is 4.49. The second kappa shape index (κ2) is 5.51. The Balaban J connectivity index is 1.86. The summed E-state index contributed by atoms with van der Waals surface area (Å²) in [6.07, 6.45) is 2.69. The lowest BCUT2D eigenvalue weighted by Crippen LogP contribution is -2.38. The van der Waals surface area contributed by atoms with Crippen LogP contribution in [0.3, 0.4) is 0 Å². The Hall–Kier alpha value is -2.24. The van der Waals surface area contributed by atoms with Crippen molar-refractivity contribution in [3.63, 3.8) is 0 Å². The zero-order chi connectivity index (χ0) is 15.7. The molecule has 1 atom stereocenters. The summed E-state index contributed by atoms with van der Waals surface area (Å²) in [4.78, 5) is 18.1. The molecule has 0 saturated carbocycles. The molecule has 3 rings (SSSR count). The van der Waals surface area contributed by atoms with Gasteiger partial charge in [-0.1, -0.05) is 6.07 Å². The van der Waals surface area contributed by atoms with Crippen LogP contribution in [0.1, 0.15) is 24.5 Å². The van der Waals surface area contributed by atoms with Gasteiger partial charge in [0.1, 0.15) is 12.1 Å². The fourth-order valence-electron chi connectivity index (χ4n) is 3.30. The molecule has 1 aromatic rings. The minimum absolute atomic E-state index is 0.0868. The Kier molecular flexibility index (Phi) is 3.68. The van der Waals surface area contributed by atoms with Crippen LogP contribution in [0.4, 0.5) is 10.5 Å². The van der Waals surface area contributed by atoms with Gasteiger partial charge >= 0.3 is 6.03 Å². The Morgan fingerprint density at radius 1 is 1.50 bits per heavy atom. The average Bonchev–Trinajstić information content (AvgIpc) is 2.88. The summed E-state index contributed by atoms with van der Waals surface area (Å²) in [7, 11) is 1.65. The van der Waals surface area contributed by atoms with E-state index in [0.29, 0.717) is 19.2 Å². The van der Waals surface area contributed by atoms with Crippen molar-refractivity contribution in [2.75, 3.05) is 25.1 Å². The zero-order valence-electron chi connectivity index (χ0n) is 13.1. The number of benzene rings is 1. The number of nitrogens with one attached hydrogen (secondary N) is 1. The smallest absolute Gasteiger partial charge is 0.321 e. The van der Waals surface area contributed by atoms with Gasteiger partial charge < -0.3 is 15.8 Å². The van der Waals surface area contributed by atoms with Crippen molar-refractivity contribution >= 4 is 17.7 Å². The SMILES string of the molecule is CCN(C(=O)NC)c1ccc2c(c1)CCC1(COC(N)=N1)C2. The molecule has 0 saturated heterocycles. The summed E-state index contributed by atoms with van der Waals surface area (Å²) in [6, 6.07) is 6.43. The Bertz CT molecular complexity index is 629. The van der Waals surface area contributed by atoms with Gasteiger partial charge in [-0.3, -0.25) is 4.90 Å². The van der Waals surface area contributed by atoms with Crippen LogP contribution in [0.5, 0.6) is 0 Å². The number of amides is 2. The van der Waals surface area contributed by atoms with E-state index in [-0.39, 0.29) is 11.6 Å². The summed E-state index contributed by atoms with van der Waals surface area (Å²) in [5, 5.41) is 2.68. The molecule has 22 heavy (non-hydrogen) atoms. The predicted molar refractivity (Wildman–Crippen MR) is 86.2 cm³/mol. The number of aliphatic imine (C=N–C) groups is 1. The topological polar surface area (TPSA) is 80.0 Å². The molecule has 1 unspecified atom stereocenters. The van der Waals surface area contributed by atoms with E-state index in [1.54, 1.807) is 11.9 Å². The van der Waals surface area contributed by atoms with Crippen molar-refractivity contribution in [3.05, 3.63) is 29.3 Å². The highest BCUT2D eigenvalue weighted by Gasteiger charge is 2.39. The number of ether oxygens (including phenoxy) is 1. The molecule has 0 aromatic heterocycles. The van der Waals surface area contributed by atoms with Crippen LogP contribution in [0.2, 0.25) is 0 Å². The molecule has 1 aliphatic heterocycles. The molecule has 1 aromatic carbocycles. The molecule has 1 spiro atoms. The highest BCUT2D eigenvalue weighted by molar-refractivity contribution is 5.91. The summed E-state index contributed by atoms with van der Waals surface area (Å²) in [5.41, 5.74) is 8.96. The summed E-state index contributed by atoms with van der Waals surface area (Å²) in [5.74, 6) is 0. The summed E-state index contributed by atoms with van der Waals surface area (Å²) in [6.45, 7) is 3.17. The molecule has 2 amide bonds. The van der Waals surface area contributed by atoms with Crippen LogP contribution in [-0.4, -0.2) is 37.8 Å². The van der Waals surface area contributed by atoms with E-state index in [9.17, 15) is 4.79 Å². The van der Waals surface area contributed by atoms with Crippen molar-refractivity contribution in [2.45, 2.75) is 31.7 Å². The first-order chi connectivity index (χ1) is 10.6. The number of carbonyl (C=O) groups is 1. The van der Waals surface area contributed by atoms with Crippen LogP contribution >= 0.6 is 0 Å². The van der Waals surface area contributed by atoms with E-state index in [4.69, 9.17) is 10.5 Å². The molecule has 0 bridgehead atoms. The van der Waals surface area contributed by atoms with Crippen LogP contribution in [0.25, 0.3) is 0 Å². The first-order valence-corrected chi connectivity index (χ1v) is 7.66. The van der Waals surface area contributed by atoms with Gasteiger partial charge in [0.15, 0.2) is 0 Å². The molecular weight excluding hydrogens is 280 g/mol. The normalized spacial score (nSPS) is 22.7. The Labute approximate surface area is 130 Å². The molecule has 0 radical (unpaired) electrons. The van der Waals surface area contributed by atoms with Crippen LogP contribution in [-0.2, 0) is 17.6 Å². The zero-order valence-corrected chi connectivity index (χ0v) is 13.1. The van der Waals surface area contributed by atoms with Crippen molar-refractivity contribution in [1.29, 1.82) is 0 Å². The Morgan fingerprint density at radius 2 is 2.32 bits per heavy atom. The molecule has 1 heterocycles. The molecule has 3 N–H and O–H groups in total. The number of aryl methyl sites for hydroxylation is 1. The van der Waals surface area contributed by atoms with Gasteiger partial charge in [-0.05, 0) is 43.0 Å². The number of hydrogen-bond acceptors (Lipinski definition) is 4. The summed E-state index contributed by atoms with van der Waals surface area (Å²) >= 11 is 0. The van der Waals surface area contributed by atoms with Crippen molar-refractivity contribution in [1.82, 2.24) is 5.32 Å². The average molecular weight is 302 g/mol. The van der Waals surface area contributed by atoms with Gasteiger partial charge in [0.25, 0.3) is 6.02 Å². The van der Waals surface area contributed by atoms with E-state index in [1.807, 2.05) is 13.0 Å². The molecule has 6 heteroatoms. The molecule has 118 valence electrons. The molecule has 1 aliphatic carbocycles. The van der Waals surface area contributed by atoms with Crippen LogP contribution in [0, 0.1) is 0 Å². The number of nitrogens with zero attached hydrogens (tertiary/aromatic N) is 2. The summed E-state index contributed by atoms with van der Waals surface area (Å²) < 4.78 is 5.35. The first-order valence-electron chi connectivity index (χ1n) is 7.66. The number of fused-ring (bicyclic) bond motifs is 1. The third kappa shape index (κ3) is 2.49. The lowest BCUT2D eigenvalue weighted by Gasteiger charge is -2.31. The largest absolute Gasteiger partial charge is 0.463 e. The van der Waals surface area contributed by atoms with Gasteiger partial charge in [0.05, 0.1) is 0 Å². The van der Waals surface area contributed by atoms with Gasteiger partial charge in [0, 0.05) is 25.7 Å². The fraction of sp³-hybridized carbons (Fsp3) is 0.500. The van der Waals surface area contributed by atoms with E-state index in [1.165, 1.54) is 11.1 Å². The molecule has 6 nitrogen and oxygen atoms in total. The highest BCUT2D eigenvalue weighted by atomic mass is 16.5. The Morgan fingerprint density at radius 3 is 2.95 bits per heavy atom. The molecular formula is C16H22N4O2. The number of carbonyl (C=O) groups excluding carboxylic acids is 1. The number of nitrogens with two attached hydrogens (primary N) is 1. The predicted octanol–water partition coefficient (Wildman–Crippen LogP) is 1.42. The van der Waals surface area contributed by atoms with E-state index in [0.717, 1.165) is 24.9 Å². The van der Waals surface area contributed by atoms with Gasteiger partial charge in [-0.15, -0.1) is 0 Å². The van der Waals surface area contributed by atoms with Crippen molar-refractivity contribution < 1.29 is 9.53 Å². The number of amidine groups is 1. The molecule has 2 aliphatic rings. The van der Waals surface area contributed by atoms with Gasteiger partial charge in [0.2, 0.25) is 0 Å². The number of hydrogen-bond donors (Lipinski definition) is 2. The first kappa shape index (κ1) is 14.7. The molecule has 0 fully saturated rings.